The monoisotopic (exact) mass is 520 g/mol. The van der Waals surface area contributed by atoms with E-state index in [-0.39, 0.29) is 11.1 Å². The molecule has 4 rings (SSSR count). The van der Waals surface area contributed by atoms with Crippen molar-refractivity contribution in [3.05, 3.63) is 46.2 Å². The number of ketones is 2. The summed E-state index contributed by atoms with van der Waals surface area (Å²) < 4.78 is 0. The third kappa shape index (κ3) is 3.78. The van der Waals surface area contributed by atoms with Crippen molar-refractivity contribution in [1.29, 1.82) is 0 Å². The van der Waals surface area contributed by atoms with Crippen LogP contribution in [0.5, 0.6) is 5.75 Å². The Morgan fingerprint density at radius 1 is 1.08 bits per heavy atom. The van der Waals surface area contributed by atoms with E-state index in [2.05, 4.69) is 0 Å². The van der Waals surface area contributed by atoms with Gasteiger partial charge in [-0.2, -0.15) is 0 Å². The van der Waals surface area contributed by atoms with Crippen LogP contribution in [0.4, 0.5) is 0 Å². The lowest BCUT2D eigenvalue weighted by atomic mass is 9.53. The number of nitrogens with two attached hydrogens (primary N) is 1. The number of amides is 1. The highest BCUT2D eigenvalue weighted by Gasteiger charge is 2.70. The number of hydrogen-bond donors (Lipinski definition) is 8. The van der Waals surface area contributed by atoms with Crippen LogP contribution in [0, 0.1) is 11.8 Å². The summed E-state index contributed by atoms with van der Waals surface area (Å²) in [4.78, 5) is 48.9. The van der Waals surface area contributed by atoms with E-state index in [1.54, 1.807) is 0 Å². The number of carbonyl (C=O) groups excluding carboxylic acids is 3. The number of fused-ring (bicyclic) bond motifs is 3. The van der Waals surface area contributed by atoms with Crippen LogP contribution in [-0.4, -0.2) is 95.9 Å². The van der Waals surface area contributed by atoms with Crippen molar-refractivity contribution in [3.8, 4) is 5.75 Å². The van der Waals surface area contributed by atoms with Gasteiger partial charge in [-0.05, 0) is 32.6 Å². The first-order valence-electron chi connectivity index (χ1n) is 11.0. The Hall–Kier alpha value is -3.78. The van der Waals surface area contributed by atoms with Gasteiger partial charge in [-0.3, -0.25) is 24.1 Å². The maximum absolute atomic E-state index is 13.7. The average molecular weight is 520 g/mol. The number of aromatic hydroxyl groups is 1. The number of aliphatic hydroxyl groups is 5. The van der Waals surface area contributed by atoms with Crippen molar-refractivity contribution in [2.24, 2.45) is 17.6 Å². The van der Waals surface area contributed by atoms with Crippen LogP contribution in [-0.2, 0) is 24.8 Å². The number of aliphatic hydroxyl groups excluding tert-OH is 3. The molecule has 0 bridgehead atoms. The lowest BCUT2D eigenvalue weighted by Gasteiger charge is -2.55. The zero-order valence-corrected chi connectivity index (χ0v) is 20.3. The van der Waals surface area contributed by atoms with Crippen LogP contribution in [0.1, 0.15) is 25.0 Å². The number of carboxylic acids is 1. The number of hydrogen-bond acceptors (Lipinski definition) is 11. The Balaban J connectivity index is 0.000000886. The smallest absolute Gasteiger partial charge is 0.300 e. The molecule has 13 heteroatoms. The number of benzene rings is 1. The summed E-state index contributed by atoms with van der Waals surface area (Å²) in [6, 6.07) is 2.50. The number of Topliss-reactive ketones (excluding diaryl/α,β-unsaturated/α-hetero) is 2. The predicted octanol–water partition coefficient (Wildman–Crippen LogP) is -1.31. The van der Waals surface area contributed by atoms with E-state index in [4.69, 9.17) is 15.6 Å². The Morgan fingerprint density at radius 2 is 1.62 bits per heavy atom. The van der Waals surface area contributed by atoms with Gasteiger partial charge in [0.1, 0.15) is 22.8 Å². The van der Waals surface area contributed by atoms with E-state index in [9.17, 15) is 45.0 Å². The highest BCUT2D eigenvalue weighted by Crippen LogP contribution is 2.57. The predicted molar refractivity (Wildman–Crippen MR) is 125 cm³/mol. The molecule has 200 valence electrons. The Kier molecular flexibility index (Phi) is 6.73. The molecule has 0 aliphatic heterocycles. The van der Waals surface area contributed by atoms with Gasteiger partial charge in [0.2, 0.25) is 5.78 Å². The van der Waals surface area contributed by atoms with Crippen molar-refractivity contribution in [2.75, 3.05) is 14.1 Å². The van der Waals surface area contributed by atoms with E-state index in [0.717, 1.165) is 6.92 Å². The van der Waals surface area contributed by atoms with E-state index in [1.165, 1.54) is 44.1 Å². The first kappa shape index (κ1) is 27.8. The molecule has 0 spiro atoms. The number of nitrogens with zero attached hydrogens (tertiary/aromatic N) is 1. The molecule has 13 nitrogen and oxygen atoms in total. The fourth-order valence-electron chi connectivity index (χ4n) is 5.60. The number of carbonyl (C=O) groups is 4. The van der Waals surface area contributed by atoms with E-state index >= 15 is 0 Å². The lowest BCUT2D eigenvalue weighted by molar-refractivity contribution is -0.181. The minimum absolute atomic E-state index is 0.00664. The van der Waals surface area contributed by atoms with E-state index < -0.39 is 87.0 Å². The SMILES string of the molecule is CC(=O)O.CN(C)[C@@H]1C(=O)C(C(N)=O)=C(O)[C@@]2(O)C(=O)C3=C(O)c4c(O)cccc4[C@@](C)(O)[C@H]3[C@H](O)[C@@H]12. The first-order valence-corrected chi connectivity index (χ1v) is 11.0. The fourth-order valence-corrected chi connectivity index (χ4v) is 5.60. The molecule has 0 radical (unpaired) electrons. The van der Waals surface area contributed by atoms with Gasteiger partial charge < -0.3 is 41.5 Å². The average Bonchev–Trinajstić information content (AvgIpc) is 2.75. The maximum atomic E-state index is 13.7. The van der Waals surface area contributed by atoms with Crippen molar-refractivity contribution in [2.45, 2.75) is 37.2 Å². The zero-order valence-electron chi connectivity index (χ0n) is 20.3. The number of aliphatic carboxylic acids is 1. The minimum Gasteiger partial charge on any atom is -0.508 e. The molecule has 37 heavy (non-hydrogen) atoms. The van der Waals surface area contributed by atoms with Crippen molar-refractivity contribution in [1.82, 2.24) is 4.90 Å². The van der Waals surface area contributed by atoms with Crippen molar-refractivity contribution < 1.29 is 54.9 Å². The Bertz CT molecular complexity index is 1280. The molecule has 0 heterocycles. The first-order chi connectivity index (χ1) is 16.9. The highest BCUT2D eigenvalue weighted by molar-refractivity contribution is 6.24. The summed E-state index contributed by atoms with van der Waals surface area (Å²) in [6.45, 7) is 2.34. The third-order valence-electron chi connectivity index (χ3n) is 7.03. The quantitative estimate of drug-likeness (QED) is 0.212. The van der Waals surface area contributed by atoms with Crippen LogP contribution < -0.4 is 5.73 Å². The lowest BCUT2D eigenvalue weighted by Crippen LogP contribution is -2.71. The van der Waals surface area contributed by atoms with Crippen LogP contribution in [0.25, 0.3) is 5.76 Å². The van der Waals surface area contributed by atoms with Gasteiger partial charge in [0.15, 0.2) is 11.4 Å². The van der Waals surface area contributed by atoms with Gasteiger partial charge in [0, 0.05) is 6.92 Å². The Labute approximate surface area is 210 Å². The number of likely N-dealkylation sites (N-methyl/N-ethyl adjacent to an activating group) is 1. The van der Waals surface area contributed by atoms with Crippen LogP contribution in [0.2, 0.25) is 0 Å². The molecule has 6 atom stereocenters. The van der Waals surface area contributed by atoms with Gasteiger partial charge in [0.25, 0.3) is 11.9 Å². The van der Waals surface area contributed by atoms with Gasteiger partial charge in [0.05, 0.1) is 40.7 Å². The van der Waals surface area contributed by atoms with Crippen molar-refractivity contribution in [3.63, 3.8) is 0 Å². The molecule has 3 aliphatic carbocycles. The Morgan fingerprint density at radius 3 is 2.11 bits per heavy atom. The molecule has 0 saturated heterocycles. The molecule has 3 aliphatic rings. The zero-order chi connectivity index (χ0) is 28.4. The second-order valence-electron chi connectivity index (χ2n) is 9.58. The van der Waals surface area contributed by atoms with Crippen LogP contribution in [0.15, 0.2) is 35.1 Å². The van der Waals surface area contributed by atoms with Crippen LogP contribution >= 0.6 is 0 Å². The number of phenolic OH excluding ortho intramolecular Hbond substituents is 1. The topological polar surface area (TPSA) is 239 Å². The molecule has 1 fully saturated rings. The molecular weight excluding hydrogens is 492 g/mol. The van der Waals surface area contributed by atoms with E-state index in [0.29, 0.717) is 0 Å². The summed E-state index contributed by atoms with van der Waals surface area (Å²) >= 11 is 0. The second-order valence-corrected chi connectivity index (χ2v) is 9.58. The highest BCUT2D eigenvalue weighted by atomic mass is 16.4. The van der Waals surface area contributed by atoms with E-state index in [1.807, 2.05) is 0 Å². The van der Waals surface area contributed by atoms with Crippen LogP contribution in [0.3, 0.4) is 0 Å². The molecule has 0 aromatic heterocycles. The van der Waals surface area contributed by atoms with Crippen molar-refractivity contribution >= 4 is 29.2 Å². The molecule has 1 saturated carbocycles. The number of rotatable bonds is 2. The molecule has 1 aromatic carbocycles. The summed E-state index contributed by atoms with van der Waals surface area (Å²) in [5.74, 6) is -10.5. The maximum Gasteiger partial charge on any atom is 0.300 e. The third-order valence-corrected chi connectivity index (χ3v) is 7.03. The molecule has 0 unspecified atom stereocenters. The fraction of sp³-hybridized carbons (Fsp3) is 0.417. The summed E-state index contributed by atoms with van der Waals surface area (Å²) in [5.41, 5.74) is -1.78. The van der Waals surface area contributed by atoms with Gasteiger partial charge in [-0.15, -0.1) is 0 Å². The molecular formula is C24H28N2O11. The number of carboxylic acid groups (broad SMARTS) is 1. The molecule has 1 aromatic rings. The van der Waals surface area contributed by atoms with Gasteiger partial charge in [-0.25, -0.2) is 0 Å². The molecule has 9 N–H and O–H groups in total. The van der Waals surface area contributed by atoms with Gasteiger partial charge >= 0.3 is 0 Å². The summed E-state index contributed by atoms with van der Waals surface area (Å²) in [6.07, 6.45) is -1.87. The standard InChI is InChI=1S/C22H24N2O9.C2H4O2/c1-21(32)7-5-4-6-8(25)9(7)15(26)10-12(21)17(28)13-14(24(2)3)16(27)11(20(23)31)19(30)22(13,33)18(10)29;1-2(3)4/h4-6,12-14,17,25-26,28,30,32-33H,1-3H3,(H2,23,31);1H3,(H,3,4)/t12-,13-,14+,17+,21-,22+;/m1./s1. The largest absolute Gasteiger partial charge is 0.508 e. The van der Waals surface area contributed by atoms with Gasteiger partial charge in [-0.1, -0.05) is 12.1 Å². The number of primary amides is 1. The summed E-state index contributed by atoms with van der Waals surface area (Å²) in [5, 5.41) is 73.8. The normalized spacial score (nSPS) is 32.8. The minimum atomic E-state index is -3.02. The summed E-state index contributed by atoms with van der Waals surface area (Å²) in [7, 11) is 2.80. The number of phenols is 1. The second kappa shape index (κ2) is 8.95. The molecule has 1 amide bonds.